The molecule has 3 rings (SSSR count). The van der Waals surface area contributed by atoms with Crippen molar-refractivity contribution < 1.29 is 24.3 Å². The van der Waals surface area contributed by atoms with Crippen LogP contribution < -0.4 is 10.2 Å². The van der Waals surface area contributed by atoms with E-state index in [9.17, 15) is 24.3 Å². The molecule has 0 radical (unpaired) electrons. The molecule has 0 aromatic carbocycles. The highest BCUT2D eigenvalue weighted by Crippen LogP contribution is 2.48. The Morgan fingerprint density at radius 2 is 2.26 bits per heavy atom. The summed E-state index contributed by atoms with van der Waals surface area (Å²) in [4.78, 5) is 51.1. The Morgan fingerprint density at radius 3 is 2.81 bits per heavy atom. The Hall–Kier alpha value is -2.59. The number of anilines is 1. The molecule has 1 saturated heterocycles. The monoisotopic (exact) mass is 407 g/mol. The van der Waals surface area contributed by atoms with Gasteiger partial charge in [-0.25, -0.2) is 4.79 Å². The molecular formula is C17H17N3O5S2. The molecule has 2 aliphatic heterocycles. The van der Waals surface area contributed by atoms with Crippen molar-refractivity contribution in [2.45, 2.75) is 17.8 Å². The third-order valence-corrected chi connectivity index (χ3v) is 6.59. The van der Waals surface area contributed by atoms with Crippen molar-refractivity contribution in [2.24, 2.45) is 0 Å². The largest absolute Gasteiger partial charge is 0.479 e. The minimum absolute atomic E-state index is 0.232. The molecule has 2 atom stereocenters. The van der Waals surface area contributed by atoms with Crippen LogP contribution in [0.4, 0.5) is 5.00 Å². The summed E-state index contributed by atoms with van der Waals surface area (Å²) in [5.41, 5.74) is -1.21. The van der Waals surface area contributed by atoms with Crippen LogP contribution >= 0.6 is 23.1 Å². The van der Waals surface area contributed by atoms with Gasteiger partial charge in [0.25, 0.3) is 11.4 Å². The summed E-state index contributed by atoms with van der Waals surface area (Å²) in [5, 5.41) is 14.0. The van der Waals surface area contributed by atoms with Crippen molar-refractivity contribution in [1.29, 1.82) is 0 Å². The first kappa shape index (κ1) is 19.2. The van der Waals surface area contributed by atoms with Crippen molar-refractivity contribution in [3.63, 3.8) is 0 Å². The minimum Gasteiger partial charge on any atom is -0.479 e. The second kappa shape index (κ2) is 7.20. The maximum Gasteiger partial charge on any atom is 0.343 e. The lowest BCUT2D eigenvalue weighted by Crippen LogP contribution is -2.82. The normalized spacial score (nSPS) is 23.6. The molecule has 0 bridgehead atoms. The number of thiophene rings is 1. The SMILES string of the molecule is C=CC(=O)NCC1=CN2C(=O)C(C(=O)O)(N(C(C)=O)c3cccs3)[C@@H]2SC1. The highest BCUT2D eigenvalue weighted by Gasteiger charge is 2.71. The maximum atomic E-state index is 12.9. The van der Waals surface area contributed by atoms with Gasteiger partial charge in [-0.1, -0.05) is 6.58 Å². The van der Waals surface area contributed by atoms with Gasteiger partial charge in [0.05, 0.1) is 5.00 Å². The number of carboxylic acid groups (broad SMARTS) is 1. The average molecular weight is 407 g/mol. The molecule has 1 unspecified atom stereocenters. The Labute approximate surface area is 163 Å². The molecule has 0 spiro atoms. The minimum atomic E-state index is -1.98. The topological polar surface area (TPSA) is 107 Å². The van der Waals surface area contributed by atoms with Crippen LogP contribution in [0.15, 0.2) is 41.9 Å². The predicted molar refractivity (Wildman–Crippen MR) is 102 cm³/mol. The molecule has 1 aromatic heterocycles. The van der Waals surface area contributed by atoms with Crippen molar-refractivity contribution in [3.8, 4) is 0 Å². The van der Waals surface area contributed by atoms with E-state index in [0.717, 1.165) is 16.5 Å². The van der Waals surface area contributed by atoms with Gasteiger partial charge in [0.15, 0.2) is 0 Å². The van der Waals surface area contributed by atoms with Crippen LogP contribution in [0.25, 0.3) is 0 Å². The van der Waals surface area contributed by atoms with E-state index in [1.807, 2.05) is 0 Å². The van der Waals surface area contributed by atoms with E-state index in [1.54, 1.807) is 23.7 Å². The van der Waals surface area contributed by atoms with Gasteiger partial charge in [-0.05, 0) is 29.2 Å². The second-order valence-corrected chi connectivity index (χ2v) is 7.96. The van der Waals surface area contributed by atoms with E-state index in [0.29, 0.717) is 10.8 Å². The number of fused-ring (bicyclic) bond motifs is 1. The standard InChI is InChI=1S/C17H17N3O5S2/c1-3-12(22)18-7-11-8-19-14(23)17(16(24)25,15(19)27-9-11)20(10(2)21)13-5-4-6-26-13/h3-6,8,15H,1,7,9H2,2H3,(H,18,22)(H,24,25)/t15-,17?/m0/s1. The second-order valence-electron chi connectivity index (χ2n) is 5.96. The summed E-state index contributed by atoms with van der Waals surface area (Å²) in [6.45, 7) is 4.85. The zero-order valence-corrected chi connectivity index (χ0v) is 16.0. The van der Waals surface area contributed by atoms with E-state index < -0.39 is 28.7 Å². The van der Waals surface area contributed by atoms with Crippen molar-refractivity contribution in [2.75, 3.05) is 17.2 Å². The Bertz CT molecular complexity index is 851. The number of carbonyl (C=O) groups is 4. The number of hydrogen-bond acceptors (Lipinski definition) is 6. The van der Waals surface area contributed by atoms with Gasteiger partial charge in [-0.15, -0.1) is 23.1 Å². The summed E-state index contributed by atoms with van der Waals surface area (Å²) >= 11 is 2.45. The van der Waals surface area contributed by atoms with Gasteiger partial charge in [-0.2, -0.15) is 0 Å². The molecule has 3 amide bonds. The van der Waals surface area contributed by atoms with E-state index in [2.05, 4.69) is 11.9 Å². The number of rotatable bonds is 6. The number of thioether (sulfide) groups is 1. The summed E-state index contributed by atoms with van der Waals surface area (Å²) in [7, 11) is 0. The van der Waals surface area contributed by atoms with Gasteiger partial charge >= 0.3 is 5.97 Å². The zero-order chi connectivity index (χ0) is 19.8. The number of carbonyl (C=O) groups excluding carboxylic acids is 3. The quantitative estimate of drug-likeness (QED) is 0.414. The first-order chi connectivity index (χ1) is 12.8. The first-order valence-corrected chi connectivity index (χ1v) is 9.88. The number of nitrogens with zero attached hydrogens (tertiary/aromatic N) is 2. The van der Waals surface area contributed by atoms with Crippen LogP contribution in [-0.4, -0.2) is 56.9 Å². The Morgan fingerprint density at radius 1 is 1.52 bits per heavy atom. The molecule has 142 valence electrons. The molecule has 27 heavy (non-hydrogen) atoms. The molecule has 2 N–H and O–H groups in total. The summed E-state index contributed by atoms with van der Waals surface area (Å²) in [6.07, 6.45) is 2.70. The average Bonchev–Trinajstić information content (AvgIpc) is 3.16. The first-order valence-electron chi connectivity index (χ1n) is 7.96. The van der Waals surface area contributed by atoms with Crippen molar-refractivity contribution in [1.82, 2.24) is 10.2 Å². The van der Waals surface area contributed by atoms with Gasteiger partial charge in [0.1, 0.15) is 5.37 Å². The molecule has 3 heterocycles. The van der Waals surface area contributed by atoms with Gasteiger partial charge in [0, 0.05) is 25.4 Å². The summed E-state index contributed by atoms with van der Waals surface area (Å²) in [6, 6.07) is 3.31. The number of aliphatic carboxylic acids is 1. The van der Waals surface area contributed by atoms with E-state index in [-0.39, 0.29) is 12.5 Å². The lowest BCUT2D eigenvalue weighted by atomic mass is 9.85. The van der Waals surface area contributed by atoms with Crippen LogP contribution in [-0.2, 0) is 19.2 Å². The smallest absolute Gasteiger partial charge is 0.343 e. The van der Waals surface area contributed by atoms with Crippen LogP contribution in [0.3, 0.4) is 0 Å². The lowest BCUT2D eigenvalue weighted by Gasteiger charge is -2.56. The third-order valence-electron chi connectivity index (χ3n) is 4.31. The van der Waals surface area contributed by atoms with Crippen LogP contribution in [0.5, 0.6) is 0 Å². The zero-order valence-electron chi connectivity index (χ0n) is 14.4. The molecule has 0 aliphatic carbocycles. The lowest BCUT2D eigenvalue weighted by molar-refractivity contribution is -0.166. The van der Waals surface area contributed by atoms with E-state index >= 15 is 0 Å². The van der Waals surface area contributed by atoms with Crippen molar-refractivity contribution in [3.05, 3.63) is 41.9 Å². The highest BCUT2D eigenvalue weighted by atomic mass is 32.2. The summed E-state index contributed by atoms with van der Waals surface area (Å²) < 4.78 is 0. The number of β-lactam (4-membered cyclic amide) rings is 1. The fourth-order valence-corrected chi connectivity index (χ4v) is 5.38. The third kappa shape index (κ3) is 2.94. The molecule has 1 aromatic rings. The highest BCUT2D eigenvalue weighted by molar-refractivity contribution is 8.00. The maximum absolute atomic E-state index is 12.9. The van der Waals surface area contributed by atoms with E-state index in [4.69, 9.17) is 0 Å². The fourth-order valence-electron chi connectivity index (χ4n) is 3.13. The number of hydrogen-bond donors (Lipinski definition) is 2. The van der Waals surface area contributed by atoms with Gasteiger partial charge < -0.3 is 15.3 Å². The molecule has 0 saturated carbocycles. The number of nitrogens with one attached hydrogen (secondary N) is 1. The molecule has 1 fully saturated rings. The van der Waals surface area contributed by atoms with Gasteiger partial charge in [-0.3, -0.25) is 19.3 Å². The Kier molecular flexibility index (Phi) is 5.11. The molecule has 2 aliphatic rings. The van der Waals surface area contributed by atoms with Crippen LogP contribution in [0.2, 0.25) is 0 Å². The Balaban J connectivity index is 1.92. The molecular weight excluding hydrogens is 390 g/mol. The van der Waals surface area contributed by atoms with Crippen molar-refractivity contribution >= 4 is 51.8 Å². The molecule has 10 heteroatoms. The summed E-state index contributed by atoms with van der Waals surface area (Å²) in [5.74, 6) is -2.46. The molecule has 8 nitrogen and oxygen atoms in total. The van der Waals surface area contributed by atoms with Crippen LogP contribution in [0, 0.1) is 0 Å². The number of carboxylic acids is 1. The predicted octanol–water partition coefficient (Wildman–Crippen LogP) is 1.03. The van der Waals surface area contributed by atoms with Gasteiger partial charge in [0.2, 0.25) is 11.8 Å². The fraction of sp³-hybridized carbons (Fsp3) is 0.294. The van der Waals surface area contributed by atoms with Crippen LogP contribution in [0.1, 0.15) is 6.92 Å². The number of amides is 3. The van der Waals surface area contributed by atoms with E-state index in [1.165, 1.54) is 34.9 Å².